The predicted octanol–water partition coefficient (Wildman–Crippen LogP) is 1.48. The van der Waals surface area contributed by atoms with Crippen LogP contribution in [-0.4, -0.2) is 52.8 Å². The van der Waals surface area contributed by atoms with Gasteiger partial charge < -0.3 is 19.3 Å². The third-order valence-corrected chi connectivity index (χ3v) is 4.10. The second-order valence-corrected chi connectivity index (χ2v) is 5.66. The van der Waals surface area contributed by atoms with Gasteiger partial charge in [-0.3, -0.25) is 4.79 Å². The van der Waals surface area contributed by atoms with Crippen molar-refractivity contribution in [3.05, 3.63) is 42.1 Å². The van der Waals surface area contributed by atoms with E-state index in [1.54, 1.807) is 6.07 Å². The van der Waals surface area contributed by atoms with Crippen molar-refractivity contribution in [3.63, 3.8) is 0 Å². The van der Waals surface area contributed by atoms with Crippen molar-refractivity contribution < 1.29 is 24.0 Å². The van der Waals surface area contributed by atoms with E-state index in [0.717, 1.165) is 5.56 Å². The van der Waals surface area contributed by atoms with Crippen molar-refractivity contribution in [2.45, 2.75) is 25.0 Å². The molecule has 1 aliphatic heterocycles. The molecule has 7 heteroatoms. The van der Waals surface area contributed by atoms with Crippen LogP contribution in [0.15, 0.2) is 40.9 Å². The van der Waals surface area contributed by atoms with Gasteiger partial charge in [-0.15, -0.1) is 0 Å². The second-order valence-electron chi connectivity index (χ2n) is 5.66. The molecule has 0 saturated carbocycles. The number of aliphatic hydroxyl groups is 1. The quantitative estimate of drug-likeness (QED) is 0.857. The van der Waals surface area contributed by atoms with E-state index in [4.69, 9.17) is 9.26 Å². The van der Waals surface area contributed by atoms with E-state index >= 15 is 0 Å². The van der Waals surface area contributed by atoms with E-state index in [2.05, 4.69) is 5.16 Å². The minimum atomic E-state index is -0.817. The number of hydrogen-bond donors (Lipinski definition) is 1. The molecular formula is C17H18N2O5. The smallest absolute Gasteiger partial charge is 0.328 e. The van der Waals surface area contributed by atoms with Gasteiger partial charge in [-0.25, -0.2) is 4.79 Å². The van der Waals surface area contributed by atoms with Crippen LogP contribution in [0.25, 0.3) is 11.3 Å². The maximum Gasteiger partial charge on any atom is 0.328 e. The lowest BCUT2D eigenvalue weighted by atomic mass is 9.99. The number of nitrogens with zero attached hydrogens (tertiary/aromatic N) is 2. The number of benzene rings is 1. The van der Waals surface area contributed by atoms with E-state index in [0.29, 0.717) is 12.2 Å². The molecule has 3 rings (SSSR count). The number of piperidine rings is 1. The topological polar surface area (TPSA) is 92.9 Å². The van der Waals surface area contributed by atoms with Crippen molar-refractivity contribution in [1.29, 1.82) is 0 Å². The normalized spacial score (nSPS) is 20.7. The molecule has 24 heavy (non-hydrogen) atoms. The summed E-state index contributed by atoms with van der Waals surface area (Å²) in [6, 6.07) is 10.0. The number of likely N-dealkylation sites (tertiary alicyclic amines) is 1. The van der Waals surface area contributed by atoms with Crippen LogP contribution in [0.1, 0.15) is 23.3 Å². The molecule has 0 aliphatic carbocycles. The van der Waals surface area contributed by atoms with E-state index < -0.39 is 24.0 Å². The highest BCUT2D eigenvalue weighted by Gasteiger charge is 2.37. The van der Waals surface area contributed by atoms with Gasteiger partial charge in [0.05, 0.1) is 13.2 Å². The molecule has 0 bridgehead atoms. The fourth-order valence-electron chi connectivity index (χ4n) is 2.81. The first-order valence-corrected chi connectivity index (χ1v) is 7.69. The highest BCUT2D eigenvalue weighted by atomic mass is 16.5. The summed E-state index contributed by atoms with van der Waals surface area (Å²) in [5, 5.41) is 13.6. The first kappa shape index (κ1) is 16.2. The molecule has 2 aromatic rings. The van der Waals surface area contributed by atoms with Gasteiger partial charge >= 0.3 is 5.97 Å². The third kappa shape index (κ3) is 3.16. The summed E-state index contributed by atoms with van der Waals surface area (Å²) in [4.78, 5) is 26.0. The van der Waals surface area contributed by atoms with Crippen LogP contribution in [0, 0.1) is 0 Å². The average Bonchev–Trinajstić information content (AvgIpc) is 3.11. The average molecular weight is 330 g/mol. The lowest BCUT2D eigenvalue weighted by Crippen LogP contribution is -2.51. The number of aromatic nitrogens is 1. The van der Waals surface area contributed by atoms with Gasteiger partial charge in [0.25, 0.3) is 5.91 Å². The zero-order valence-electron chi connectivity index (χ0n) is 13.2. The molecule has 1 fully saturated rings. The molecular weight excluding hydrogens is 312 g/mol. The van der Waals surface area contributed by atoms with Crippen LogP contribution >= 0.6 is 0 Å². The third-order valence-electron chi connectivity index (χ3n) is 4.10. The van der Waals surface area contributed by atoms with E-state index in [-0.39, 0.29) is 18.7 Å². The molecule has 0 spiro atoms. The number of esters is 1. The van der Waals surface area contributed by atoms with Crippen molar-refractivity contribution in [2.75, 3.05) is 13.7 Å². The van der Waals surface area contributed by atoms with Crippen LogP contribution in [0.3, 0.4) is 0 Å². The molecule has 0 unspecified atom stereocenters. The van der Waals surface area contributed by atoms with Crippen LogP contribution < -0.4 is 0 Å². The van der Waals surface area contributed by atoms with Crippen molar-refractivity contribution in [3.8, 4) is 11.3 Å². The number of carbonyl (C=O) groups excluding carboxylic acids is 2. The van der Waals surface area contributed by atoms with Gasteiger partial charge in [-0.2, -0.15) is 0 Å². The zero-order chi connectivity index (χ0) is 17.1. The lowest BCUT2D eigenvalue weighted by Gasteiger charge is -2.35. The predicted molar refractivity (Wildman–Crippen MR) is 84.0 cm³/mol. The van der Waals surface area contributed by atoms with Crippen LogP contribution in [0.4, 0.5) is 0 Å². The first-order valence-electron chi connectivity index (χ1n) is 7.69. The summed E-state index contributed by atoms with van der Waals surface area (Å²) < 4.78 is 9.98. The number of ether oxygens (including phenoxy) is 1. The maximum atomic E-state index is 12.7. The van der Waals surface area contributed by atoms with Gasteiger partial charge in [0.15, 0.2) is 11.5 Å². The molecule has 2 heterocycles. The van der Waals surface area contributed by atoms with E-state index in [1.165, 1.54) is 12.0 Å². The molecule has 1 aromatic carbocycles. The Kier molecular flexibility index (Phi) is 4.61. The Morgan fingerprint density at radius 1 is 1.33 bits per heavy atom. The highest BCUT2D eigenvalue weighted by molar-refractivity contribution is 5.96. The largest absolute Gasteiger partial charge is 0.467 e. The van der Waals surface area contributed by atoms with Gasteiger partial charge in [0.2, 0.25) is 0 Å². The molecule has 0 radical (unpaired) electrons. The molecule has 1 amide bonds. The number of carbonyl (C=O) groups is 2. The maximum absolute atomic E-state index is 12.7. The van der Waals surface area contributed by atoms with E-state index in [9.17, 15) is 14.7 Å². The number of methoxy groups -OCH3 is 1. The summed E-state index contributed by atoms with van der Waals surface area (Å²) in [6.45, 7) is 0.257. The fourth-order valence-corrected chi connectivity index (χ4v) is 2.81. The standard InChI is InChI=1S/C17H18N2O5/c1-23-17(22)14-9-12(20)7-8-19(14)16(21)13-10-15(24-18-13)11-5-3-2-4-6-11/h2-6,10,12,14,20H,7-9H2,1H3/t12-,14+/m1/s1. The summed E-state index contributed by atoms with van der Waals surface area (Å²) in [5.74, 6) is -0.484. The molecule has 7 nitrogen and oxygen atoms in total. The SMILES string of the molecule is COC(=O)[C@@H]1C[C@H](O)CCN1C(=O)c1cc(-c2ccccc2)on1. The fraction of sp³-hybridized carbons (Fsp3) is 0.353. The van der Waals surface area contributed by atoms with Crippen LogP contribution in [0.2, 0.25) is 0 Å². The summed E-state index contributed by atoms with van der Waals surface area (Å²) in [5.41, 5.74) is 0.932. The molecule has 1 aromatic heterocycles. The summed E-state index contributed by atoms with van der Waals surface area (Å²) in [6.07, 6.45) is -0.0694. The Morgan fingerprint density at radius 3 is 2.79 bits per heavy atom. The second kappa shape index (κ2) is 6.84. The Hall–Kier alpha value is -2.67. The monoisotopic (exact) mass is 330 g/mol. The van der Waals surface area contributed by atoms with Gasteiger partial charge in [-0.1, -0.05) is 35.5 Å². The van der Waals surface area contributed by atoms with Crippen LogP contribution in [-0.2, 0) is 9.53 Å². The molecule has 2 atom stereocenters. The summed E-state index contributed by atoms with van der Waals surface area (Å²) >= 11 is 0. The van der Waals surface area contributed by atoms with Gasteiger partial charge in [0, 0.05) is 24.6 Å². The number of aliphatic hydroxyl groups excluding tert-OH is 1. The van der Waals surface area contributed by atoms with Gasteiger partial charge in [-0.05, 0) is 6.42 Å². The Morgan fingerprint density at radius 2 is 2.08 bits per heavy atom. The molecule has 126 valence electrons. The number of amides is 1. The lowest BCUT2D eigenvalue weighted by molar-refractivity contribution is -0.148. The van der Waals surface area contributed by atoms with Crippen LogP contribution in [0.5, 0.6) is 0 Å². The minimum absolute atomic E-state index is 0.124. The Bertz CT molecular complexity index is 728. The van der Waals surface area contributed by atoms with Crippen molar-refractivity contribution in [2.24, 2.45) is 0 Å². The Balaban J connectivity index is 1.83. The van der Waals surface area contributed by atoms with Gasteiger partial charge in [0.1, 0.15) is 6.04 Å². The molecule has 1 aliphatic rings. The zero-order valence-corrected chi connectivity index (χ0v) is 13.2. The summed E-state index contributed by atoms with van der Waals surface area (Å²) in [7, 11) is 1.26. The Labute approximate surface area is 138 Å². The minimum Gasteiger partial charge on any atom is -0.467 e. The number of rotatable bonds is 3. The molecule has 1 saturated heterocycles. The number of hydrogen-bond acceptors (Lipinski definition) is 6. The highest BCUT2D eigenvalue weighted by Crippen LogP contribution is 2.24. The van der Waals surface area contributed by atoms with Crippen molar-refractivity contribution in [1.82, 2.24) is 10.1 Å². The van der Waals surface area contributed by atoms with Crippen molar-refractivity contribution >= 4 is 11.9 Å². The van der Waals surface area contributed by atoms with E-state index in [1.807, 2.05) is 30.3 Å². The first-order chi connectivity index (χ1) is 11.6. The molecule has 1 N–H and O–H groups in total.